The zero-order valence-electron chi connectivity index (χ0n) is 14.5. The first-order valence-corrected chi connectivity index (χ1v) is 9.32. The Bertz CT molecular complexity index is 626. The Hall–Kier alpha value is -1.40. The average Bonchev–Trinajstić information content (AvgIpc) is 2.92. The smallest absolute Gasteiger partial charge is 0.356 e. The van der Waals surface area contributed by atoms with Gasteiger partial charge in [0.1, 0.15) is 0 Å². The Labute approximate surface area is 142 Å². The minimum Gasteiger partial charge on any atom is -0.476 e. The molecule has 1 N–H and O–H groups in total. The van der Waals surface area contributed by atoms with Gasteiger partial charge in [-0.25, -0.2) is 4.79 Å². The van der Waals surface area contributed by atoms with E-state index in [9.17, 15) is 9.90 Å². The van der Waals surface area contributed by atoms with E-state index in [-0.39, 0.29) is 11.3 Å². The standard InChI is InChI=1S/C18H27N3O3/c1-2-8-21-15-4-3-13(12-14(15)16(19-21)17(22)23)20-9-5-18(6-10-20)7-11-24-18/h13H,2-12H2,1H3,(H,22,23)/t13-/m0/s1. The molecule has 132 valence electrons. The lowest BCUT2D eigenvalue weighted by molar-refractivity contribution is -0.175. The number of carbonyl (C=O) groups is 1. The number of nitrogens with zero attached hydrogens (tertiary/aromatic N) is 3. The third-order valence-corrected chi connectivity index (χ3v) is 6.15. The van der Waals surface area contributed by atoms with Crippen LogP contribution >= 0.6 is 0 Å². The molecule has 6 nitrogen and oxygen atoms in total. The maximum atomic E-state index is 11.6. The largest absolute Gasteiger partial charge is 0.476 e. The second kappa shape index (κ2) is 6.15. The summed E-state index contributed by atoms with van der Waals surface area (Å²) in [6, 6.07) is 0.451. The quantitative estimate of drug-likeness (QED) is 0.914. The van der Waals surface area contributed by atoms with E-state index in [1.54, 1.807) is 0 Å². The molecule has 1 atom stereocenters. The average molecular weight is 333 g/mol. The molecule has 0 amide bonds. The van der Waals surface area contributed by atoms with Crippen molar-refractivity contribution in [1.29, 1.82) is 0 Å². The summed E-state index contributed by atoms with van der Waals surface area (Å²) in [6.45, 7) is 5.98. The van der Waals surface area contributed by atoms with Crippen LogP contribution in [0, 0.1) is 0 Å². The summed E-state index contributed by atoms with van der Waals surface area (Å²) in [7, 11) is 0. The van der Waals surface area contributed by atoms with Crippen LogP contribution in [0.2, 0.25) is 0 Å². The monoisotopic (exact) mass is 333 g/mol. The van der Waals surface area contributed by atoms with Gasteiger partial charge in [-0.05, 0) is 44.9 Å². The van der Waals surface area contributed by atoms with Crippen LogP contribution in [-0.4, -0.2) is 57.1 Å². The number of piperidine rings is 1. The van der Waals surface area contributed by atoms with E-state index in [0.717, 1.165) is 76.0 Å². The SMILES string of the molecule is CCCn1nc(C(=O)O)c2c1CC[C@H](N1CCC3(CCO3)CC1)C2. The Morgan fingerprint density at radius 1 is 1.38 bits per heavy atom. The zero-order chi connectivity index (χ0) is 16.7. The summed E-state index contributed by atoms with van der Waals surface area (Å²) in [5.41, 5.74) is 2.59. The first-order valence-electron chi connectivity index (χ1n) is 9.32. The van der Waals surface area contributed by atoms with E-state index in [1.165, 1.54) is 6.42 Å². The third-order valence-electron chi connectivity index (χ3n) is 6.15. The number of aromatic carboxylic acids is 1. The van der Waals surface area contributed by atoms with E-state index >= 15 is 0 Å². The van der Waals surface area contributed by atoms with Gasteiger partial charge in [-0.1, -0.05) is 6.92 Å². The molecule has 0 saturated carbocycles. The maximum absolute atomic E-state index is 11.6. The molecule has 0 unspecified atom stereocenters. The number of rotatable bonds is 4. The molecule has 2 fully saturated rings. The molecule has 2 aliphatic heterocycles. The Morgan fingerprint density at radius 3 is 2.71 bits per heavy atom. The molecule has 24 heavy (non-hydrogen) atoms. The van der Waals surface area contributed by atoms with Gasteiger partial charge in [0.15, 0.2) is 5.69 Å². The second-order valence-electron chi connectivity index (χ2n) is 7.52. The van der Waals surface area contributed by atoms with Crippen molar-refractivity contribution in [2.75, 3.05) is 19.7 Å². The number of aryl methyl sites for hydroxylation is 1. The molecule has 1 aromatic rings. The summed E-state index contributed by atoms with van der Waals surface area (Å²) in [5, 5.41) is 13.9. The van der Waals surface area contributed by atoms with Crippen LogP contribution in [0.3, 0.4) is 0 Å². The maximum Gasteiger partial charge on any atom is 0.356 e. The van der Waals surface area contributed by atoms with Crippen LogP contribution in [0.1, 0.15) is 60.8 Å². The van der Waals surface area contributed by atoms with E-state index in [4.69, 9.17) is 4.74 Å². The van der Waals surface area contributed by atoms with Gasteiger partial charge in [0.25, 0.3) is 0 Å². The van der Waals surface area contributed by atoms with Gasteiger partial charge in [-0.3, -0.25) is 9.58 Å². The van der Waals surface area contributed by atoms with Gasteiger partial charge in [0, 0.05) is 36.9 Å². The summed E-state index contributed by atoms with van der Waals surface area (Å²) in [5.74, 6) is -0.887. The number of carboxylic acids is 1. The molecule has 1 aromatic heterocycles. The van der Waals surface area contributed by atoms with E-state index in [2.05, 4.69) is 16.9 Å². The summed E-state index contributed by atoms with van der Waals surface area (Å²) in [6.07, 6.45) is 7.31. The van der Waals surface area contributed by atoms with Crippen LogP contribution < -0.4 is 0 Å². The lowest BCUT2D eigenvalue weighted by Gasteiger charge is -2.49. The van der Waals surface area contributed by atoms with E-state index in [0.29, 0.717) is 6.04 Å². The van der Waals surface area contributed by atoms with E-state index in [1.807, 2.05) is 4.68 Å². The number of hydrogen-bond acceptors (Lipinski definition) is 4. The molecule has 2 saturated heterocycles. The van der Waals surface area contributed by atoms with Crippen molar-refractivity contribution in [3.05, 3.63) is 17.0 Å². The molecule has 0 aromatic carbocycles. The van der Waals surface area contributed by atoms with Gasteiger partial charge < -0.3 is 9.84 Å². The van der Waals surface area contributed by atoms with Crippen LogP contribution in [0.15, 0.2) is 0 Å². The number of fused-ring (bicyclic) bond motifs is 1. The third kappa shape index (κ3) is 2.65. The predicted octanol–water partition coefficient (Wildman–Crippen LogP) is 2.10. The fraction of sp³-hybridized carbons (Fsp3) is 0.778. The molecule has 1 aliphatic carbocycles. The molecule has 4 rings (SSSR count). The van der Waals surface area contributed by atoms with Crippen molar-refractivity contribution in [1.82, 2.24) is 14.7 Å². The highest BCUT2D eigenvalue weighted by Gasteiger charge is 2.43. The van der Waals surface area contributed by atoms with Crippen molar-refractivity contribution in [3.63, 3.8) is 0 Å². The highest BCUT2D eigenvalue weighted by molar-refractivity contribution is 5.87. The summed E-state index contributed by atoms with van der Waals surface area (Å²) < 4.78 is 7.75. The van der Waals surface area contributed by atoms with Crippen molar-refractivity contribution in [2.24, 2.45) is 0 Å². The molecule has 1 spiro atoms. The molecule has 3 heterocycles. The Morgan fingerprint density at radius 2 is 2.12 bits per heavy atom. The van der Waals surface area contributed by atoms with Crippen LogP contribution in [0.5, 0.6) is 0 Å². The lowest BCUT2D eigenvalue weighted by Crippen LogP contribution is -2.55. The minimum absolute atomic E-state index is 0.175. The lowest BCUT2D eigenvalue weighted by atomic mass is 9.82. The number of ether oxygens (including phenoxy) is 1. The normalized spacial score (nSPS) is 26.1. The fourth-order valence-electron chi connectivity index (χ4n) is 4.63. The van der Waals surface area contributed by atoms with Crippen LogP contribution in [0.4, 0.5) is 0 Å². The first kappa shape index (κ1) is 16.1. The number of carboxylic acid groups (broad SMARTS) is 1. The molecular weight excluding hydrogens is 306 g/mol. The van der Waals surface area contributed by atoms with Crippen molar-refractivity contribution < 1.29 is 14.6 Å². The highest BCUT2D eigenvalue weighted by Crippen LogP contribution is 2.38. The Balaban J connectivity index is 1.50. The van der Waals surface area contributed by atoms with Gasteiger partial charge in [-0.2, -0.15) is 5.10 Å². The van der Waals surface area contributed by atoms with Gasteiger partial charge >= 0.3 is 5.97 Å². The molecule has 3 aliphatic rings. The number of aromatic nitrogens is 2. The molecular formula is C18H27N3O3. The second-order valence-corrected chi connectivity index (χ2v) is 7.52. The minimum atomic E-state index is -0.887. The summed E-state index contributed by atoms with van der Waals surface area (Å²) >= 11 is 0. The Kier molecular flexibility index (Phi) is 4.12. The fourth-order valence-corrected chi connectivity index (χ4v) is 4.63. The first-order chi connectivity index (χ1) is 11.6. The van der Waals surface area contributed by atoms with Crippen LogP contribution in [0.25, 0.3) is 0 Å². The topological polar surface area (TPSA) is 67.6 Å². The van der Waals surface area contributed by atoms with Gasteiger partial charge in [0.2, 0.25) is 0 Å². The van der Waals surface area contributed by atoms with Crippen molar-refractivity contribution in [3.8, 4) is 0 Å². The summed E-state index contributed by atoms with van der Waals surface area (Å²) in [4.78, 5) is 14.2. The number of hydrogen-bond donors (Lipinski definition) is 1. The highest BCUT2D eigenvalue weighted by atomic mass is 16.5. The molecule has 6 heteroatoms. The predicted molar refractivity (Wildman–Crippen MR) is 89.4 cm³/mol. The van der Waals surface area contributed by atoms with Crippen molar-refractivity contribution in [2.45, 2.75) is 70.1 Å². The molecule has 0 radical (unpaired) electrons. The van der Waals surface area contributed by atoms with Crippen molar-refractivity contribution >= 4 is 5.97 Å². The van der Waals surface area contributed by atoms with Gasteiger partial charge in [0.05, 0.1) is 12.2 Å². The number of likely N-dealkylation sites (tertiary alicyclic amines) is 1. The molecule has 0 bridgehead atoms. The van der Waals surface area contributed by atoms with Gasteiger partial charge in [-0.15, -0.1) is 0 Å². The van der Waals surface area contributed by atoms with E-state index < -0.39 is 5.97 Å². The van der Waals surface area contributed by atoms with Crippen LogP contribution in [-0.2, 0) is 24.1 Å². The zero-order valence-corrected chi connectivity index (χ0v) is 14.5.